The Morgan fingerprint density at radius 3 is 2.88 bits per heavy atom. The molecule has 17 heavy (non-hydrogen) atoms. The van der Waals surface area contributed by atoms with Crippen LogP contribution >= 0.6 is 11.6 Å². The molecule has 1 N–H and O–H groups in total. The zero-order valence-corrected chi connectivity index (χ0v) is 10.5. The summed E-state index contributed by atoms with van der Waals surface area (Å²) in [5, 5.41) is 10.2. The van der Waals surface area contributed by atoms with Gasteiger partial charge in [-0.15, -0.1) is 0 Å². The molecule has 0 aliphatic carbocycles. The van der Waals surface area contributed by atoms with E-state index in [0.29, 0.717) is 19.5 Å². The summed E-state index contributed by atoms with van der Waals surface area (Å²) in [7, 11) is 0. The molecule has 1 aromatic rings. The van der Waals surface area contributed by atoms with Crippen molar-refractivity contribution in [3.63, 3.8) is 0 Å². The number of likely N-dealkylation sites (tertiary alicyclic amines) is 1. The third-order valence-corrected chi connectivity index (χ3v) is 3.34. The normalized spacial score (nSPS) is 25.7. The predicted octanol–water partition coefficient (Wildman–Crippen LogP) is 2.31. The van der Waals surface area contributed by atoms with Crippen LogP contribution in [0.15, 0.2) is 16.5 Å². The quantitative estimate of drug-likeness (QED) is 0.840. The second kappa shape index (κ2) is 4.70. The standard InChI is InChI=1S/C12H16ClNO3/c1-12(16)5-2-7-14(8-6-12)11(15)9-3-4-10(13)17-9/h3-4,16H,2,5-8H2,1H3. The van der Waals surface area contributed by atoms with Crippen LogP contribution in [0.1, 0.15) is 36.7 Å². The third-order valence-electron chi connectivity index (χ3n) is 3.13. The van der Waals surface area contributed by atoms with Gasteiger partial charge in [0.25, 0.3) is 5.91 Å². The van der Waals surface area contributed by atoms with Gasteiger partial charge in [0.2, 0.25) is 0 Å². The lowest BCUT2D eigenvalue weighted by molar-refractivity contribution is 0.0434. The van der Waals surface area contributed by atoms with E-state index in [4.69, 9.17) is 16.0 Å². The van der Waals surface area contributed by atoms with Gasteiger partial charge in [0.1, 0.15) is 0 Å². The summed E-state index contributed by atoms with van der Waals surface area (Å²) in [5.41, 5.74) is -0.671. The number of aliphatic hydroxyl groups is 1. The number of amides is 1. The SMILES string of the molecule is CC1(O)CCCN(C(=O)c2ccc(Cl)o2)CC1. The van der Waals surface area contributed by atoms with Gasteiger partial charge in [0, 0.05) is 13.1 Å². The van der Waals surface area contributed by atoms with Crippen LogP contribution < -0.4 is 0 Å². The molecule has 0 radical (unpaired) electrons. The third kappa shape index (κ3) is 3.01. The second-order valence-corrected chi connectivity index (χ2v) is 5.12. The van der Waals surface area contributed by atoms with Crippen LogP contribution in [-0.4, -0.2) is 34.6 Å². The first-order valence-electron chi connectivity index (χ1n) is 5.75. The van der Waals surface area contributed by atoms with Crippen molar-refractivity contribution in [2.24, 2.45) is 0 Å². The summed E-state index contributed by atoms with van der Waals surface area (Å²) in [6.45, 7) is 3.00. The highest BCUT2D eigenvalue weighted by Gasteiger charge is 2.28. The van der Waals surface area contributed by atoms with Crippen LogP contribution in [0.2, 0.25) is 5.22 Å². The molecule has 1 aliphatic rings. The van der Waals surface area contributed by atoms with E-state index in [9.17, 15) is 9.90 Å². The van der Waals surface area contributed by atoms with Crippen molar-refractivity contribution in [1.29, 1.82) is 0 Å². The van der Waals surface area contributed by atoms with Crippen LogP contribution in [0.3, 0.4) is 0 Å². The molecule has 0 saturated carbocycles. The zero-order valence-electron chi connectivity index (χ0n) is 9.78. The molecule has 1 fully saturated rings. The maximum Gasteiger partial charge on any atom is 0.289 e. The summed E-state index contributed by atoms with van der Waals surface area (Å²) >= 11 is 5.64. The fourth-order valence-corrected chi connectivity index (χ4v) is 2.20. The van der Waals surface area contributed by atoms with Crippen molar-refractivity contribution in [3.05, 3.63) is 23.1 Å². The van der Waals surface area contributed by atoms with Crippen molar-refractivity contribution < 1.29 is 14.3 Å². The molecule has 1 amide bonds. The summed E-state index contributed by atoms with van der Waals surface area (Å²) in [6, 6.07) is 3.14. The van der Waals surface area contributed by atoms with Gasteiger partial charge in [-0.1, -0.05) is 0 Å². The molecule has 4 nitrogen and oxygen atoms in total. The summed E-state index contributed by atoms with van der Waals surface area (Å²) in [5.74, 6) is 0.103. The average Bonchev–Trinajstić information content (AvgIpc) is 2.60. The molecule has 5 heteroatoms. The lowest BCUT2D eigenvalue weighted by Gasteiger charge is -2.21. The number of carbonyl (C=O) groups excluding carboxylic acids is 1. The van der Waals surface area contributed by atoms with Crippen molar-refractivity contribution in [3.8, 4) is 0 Å². The Morgan fingerprint density at radius 1 is 1.47 bits per heavy atom. The number of halogens is 1. The number of furan rings is 1. The van der Waals surface area contributed by atoms with Gasteiger partial charge in [-0.2, -0.15) is 0 Å². The minimum absolute atomic E-state index is 0.158. The van der Waals surface area contributed by atoms with Crippen LogP contribution in [0.25, 0.3) is 0 Å². The number of hydrogen-bond donors (Lipinski definition) is 1. The Balaban J connectivity index is 2.05. The number of nitrogens with zero attached hydrogens (tertiary/aromatic N) is 1. The molecule has 94 valence electrons. The van der Waals surface area contributed by atoms with E-state index in [1.54, 1.807) is 17.0 Å². The predicted molar refractivity (Wildman–Crippen MR) is 64.1 cm³/mol. The molecule has 1 aliphatic heterocycles. The first kappa shape index (κ1) is 12.5. The van der Waals surface area contributed by atoms with E-state index in [0.717, 1.165) is 12.8 Å². The highest BCUT2D eigenvalue weighted by Crippen LogP contribution is 2.23. The maximum absolute atomic E-state index is 12.1. The van der Waals surface area contributed by atoms with Crippen molar-refractivity contribution in [2.75, 3.05) is 13.1 Å². The molecule has 0 aromatic carbocycles. The van der Waals surface area contributed by atoms with E-state index in [-0.39, 0.29) is 16.9 Å². The lowest BCUT2D eigenvalue weighted by atomic mass is 9.98. The molecule has 2 heterocycles. The van der Waals surface area contributed by atoms with Gasteiger partial charge in [-0.25, -0.2) is 0 Å². The molecular formula is C12H16ClNO3. The molecule has 1 atom stereocenters. The Hall–Kier alpha value is -1.00. The van der Waals surface area contributed by atoms with Gasteiger partial charge in [0.15, 0.2) is 11.0 Å². The van der Waals surface area contributed by atoms with E-state index in [1.807, 2.05) is 6.92 Å². The monoisotopic (exact) mass is 257 g/mol. The minimum Gasteiger partial charge on any atom is -0.440 e. The molecule has 1 saturated heterocycles. The van der Waals surface area contributed by atoms with Crippen LogP contribution in [0.5, 0.6) is 0 Å². The molecular weight excluding hydrogens is 242 g/mol. The Morgan fingerprint density at radius 2 is 2.24 bits per heavy atom. The van der Waals surface area contributed by atoms with Crippen molar-refractivity contribution in [2.45, 2.75) is 31.8 Å². The molecule has 1 unspecified atom stereocenters. The second-order valence-electron chi connectivity index (χ2n) is 4.75. The summed E-state index contributed by atoms with van der Waals surface area (Å²) in [4.78, 5) is 13.8. The Bertz CT molecular complexity index is 414. The molecule has 0 spiro atoms. The van der Waals surface area contributed by atoms with Crippen LogP contribution in [0.4, 0.5) is 0 Å². The van der Waals surface area contributed by atoms with E-state index < -0.39 is 5.60 Å². The van der Waals surface area contributed by atoms with Gasteiger partial charge < -0.3 is 14.4 Å². The molecule has 2 rings (SSSR count). The smallest absolute Gasteiger partial charge is 0.289 e. The van der Waals surface area contributed by atoms with Gasteiger partial charge in [0.05, 0.1) is 5.60 Å². The van der Waals surface area contributed by atoms with Crippen molar-refractivity contribution in [1.82, 2.24) is 4.90 Å². The topological polar surface area (TPSA) is 53.7 Å². The maximum atomic E-state index is 12.1. The highest BCUT2D eigenvalue weighted by atomic mass is 35.5. The highest BCUT2D eigenvalue weighted by molar-refractivity contribution is 6.29. The van der Waals surface area contributed by atoms with Gasteiger partial charge in [-0.3, -0.25) is 4.79 Å². The van der Waals surface area contributed by atoms with Crippen molar-refractivity contribution >= 4 is 17.5 Å². The fraction of sp³-hybridized carbons (Fsp3) is 0.583. The lowest BCUT2D eigenvalue weighted by Crippen LogP contribution is -2.33. The van der Waals surface area contributed by atoms with E-state index >= 15 is 0 Å². The Kier molecular flexibility index (Phi) is 3.45. The fourth-order valence-electron chi connectivity index (χ4n) is 2.05. The minimum atomic E-state index is -0.671. The van der Waals surface area contributed by atoms with Crippen LogP contribution in [-0.2, 0) is 0 Å². The number of hydrogen-bond acceptors (Lipinski definition) is 3. The zero-order chi connectivity index (χ0) is 12.5. The first-order valence-corrected chi connectivity index (χ1v) is 6.13. The number of carbonyl (C=O) groups is 1. The van der Waals surface area contributed by atoms with Gasteiger partial charge >= 0.3 is 0 Å². The largest absolute Gasteiger partial charge is 0.440 e. The van der Waals surface area contributed by atoms with E-state index in [1.165, 1.54) is 0 Å². The molecule has 1 aromatic heterocycles. The Labute approximate surface area is 105 Å². The summed E-state index contributed by atoms with van der Waals surface area (Å²) < 4.78 is 5.10. The van der Waals surface area contributed by atoms with Crippen LogP contribution in [0, 0.1) is 0 Å². The number of rotatable bonds is 1. The summed E-state index contributed by atoms with van der Waals surface area (Å²) in [6.07, 6.45) is 2.11. The van der Waals surface area contributed by atoms with E-state index in [2.05, 4.69) is 0 Å². The molecule has 0 bridgehead atoms. The average molecular weight is 258 g/mol. The van der Waals surface area contributed by atoms with Gasteiger partial charge in [-0.05, 0) is 49.9 Å². The first-order chi connectivity index (χ1) is 7.98.